The summed E-state index contributed by atoms with van der Waals surface area (Å²) in [6.07, 6.45) is 5.21. The fraction of sp³-hybridized carbons (Fsp3) is 0.611. The summed E-state index contributed by atoms with van der Waals surface area (Å²) in [6.45, 7) is 5.36. The first kappa shape index (κ1) is 18.9. The second-order valence-electron chi connectivity index (χ2n) is 6.44. The van der Waals surface area contributed by atoms with E-state index in [9.17, 15) is 4.79 Å². The number of carbonyl (C=O) groups is 1. The van der Waals surface area contributed by atoms with E-state index in [1.54, 1.807) is 6.07 Å². The SMILES string of the molecule is CCOc1cc(C[NH2+][C@H]2CCCC[C@H]2C)c(Cl)cc1OCC(N)=O. The van der Waals surface area contributed by atoms with Gasteiger partial charge in [0.25, 0.3) is 5.91 Å². The number of nitrogens with two attached hydrogens (primary N) is 2. The predicted octanol–water partition coefficient (Wildman–Crippen LogP) is 2.24. The molecule has 4 N–H and O–H groups in total. The highest BCUT2D eigenvalue weighted by Gasteiger charge is 2.24. The van der Waals surface area contributed by atoms with Crippen LogP contribution in [0.15, 0.2) is 12.1 Å². The van der Waals surface area contributed by atoms with Gasteiger partial charge in [-0.1, -0.05) is 24.9 Å². The third kappa shape index (κ3) is 5.28. The second kappa shape index (κ2) is 9.14. The maximum absolute atomic E-state index is 10.9. The number of rotatable bonds is 8. The molecule has 5 nitrogen and oxygen atoms in total. The Balaban J connectivity index is 2.08. The number of ether oxygens (including phenoxy) is 2. The van der Waals surface area contributed by atoms with Crippen LogP contribution in [0.2, 0.25) is 5.02 Å². The lowest BCUT2D eigenvalue weighted by Gasteiger charge is -2.27. The van der Waals surface area contributed by atoms with Crippen molar-refractivity contribution in [3.8, 4) is 11.5 Å². The van der Waals surface area contributed by atoms with Crippen molar-refractivity contribution in [3.05, 3.63) is 22.7 Å². The van der Waals surface area contributed by atoms with Crippen LogP contribution in [0.1, 0.15) is 45.1 Å². The Kier molecular flexibility index (Phi) is 7.18. The summed E-state index contributed by atoms with van der Waals surface area (Å²) in [6, 6.07) is 4.27. The molecule has 0 heterocycles. The van der Waals surface area contributed by atoms with Crippen molar-refractivity contribution in [3.63, 3.8) is 0 Å². The van der Waals surface area contributed by atoms with E-state index in [4.69, 9.17) is 26.8 Å². The molecule has 1 aromatic carbocycles. The summed E-state index contributed by atoms with van der Waals surface area (Å²) in [4.78, 5) is 10.9. The zero-order valence-corrected chi connectivity index (χ0v) is 15.3. The minimum atomic E-state index is -0.530. The number of benzene rings is 1. The van der Waals surface area contributed by atoms with Crippen molar-refractivity contribution in [2.75, 3.05) is 13.2 Å². The third-order valence-corrected chi connectivity index (χ3v) is 4.95. The van der Waals surface area contributed by atoms with Crippen LogP contribution in [0.25, 0.3) is 0 Å². The van der Waals surface area contributed by atoms with Crippen LogP contribution in [0.3, 0.4) is 0 Å². The van der Waals surface area contributed by atoms with Crippen molar-refractivity contribution >= 4 is 17.5 Å². The molecule has 0 radical (unpaired) electrons. The summed E-state index contributed by atoms with van der Waals surface area (Å²) in [5.74, 6) is 1.26. The topological polar surface area (TPSA) is 78.2 Å². The van der Waals surface area contributed by atoms with Gasteiger partial charge < -0.3 is 20.5 Å². The second-order valence-corrected chi connectivity index (χ2v) is 6.85. The van der Waals surface area contributed by atoms with E-state index in [1.807, 2.05) is 13.0 Å². The van der Waals surface area contributed by atoms with E-state index >= 15 is 0 Å². The molecule has 6 heteroatoms. The van der Waals surface area contributed by atoms with Crippen LogP contribution in [-0.4, -0.2) is 25.2 Å². The van der Waals surface area contributed by atoms with Gasteiger partial charge in [-0.3, -0.25) is 4.79 Å². The zero-order valence-electron chi connectivity index (χ0n) is 14.5. The number of primary amides is 1. The van der Waals surface area contributed by atoms with Gasteiger partial charge >= 0.3 is 0 Å². The maximum atomic E-state index is 10.9. The Labute approximate surface area is 148 Å². The molecule has 134 valence electrons. The fourth-order valence-electron chi connectivity index (χ4n) is 3.24. The van der Waals surface area contributed by atoms with E-state index in [2.05, 4.69) is 12.2 Å². The molecule has 2 atom stereocenters. The van der Waals surface area contributed by atoms with Gasteiger partial charge in [0.1, 0.15) is 6.54 Å². The van der Waals surface area contributed by atoms with Gasteiger partial charge in [0.2, 0.25) is 0 Å². The summed E-state index contributed by atoms with van der Waals surface area (Å²) in [7, 11) is 0. The van der Waals surface area contributed by atoms with E-state index in [1.165, 1.54) is 25.7 Å². The van der Waals surface area contributed by atoms with Gasteiger partial charge in [0.05, 0.1) is 17.7 Å². The molecule has 0 unspecified atom stereocenters. The number of amides is 1. The zero-order chi connectivity index (χ0) is 17.5. The number of hydrogen-bond donors (Lipinski definition) is 2. The molecule has 1 saturated carbocycles. The highest BCUT2D eigenvalue weighted by Crippen LogP contribution is 2.33. The molecule has 0 aliphatic heterocycles. The number of carbonyl (C=O) groups excluding carboxylic acids is 1. The average molecular weight is 356 g/mol. The van der Waals surface area contributed by atoms with Gasteiger partial charge in [0, 0.05) is 17.5 Å². The van der Waals surface area contributed by atoms with Crippen LogP contribution in [0, 0.1) is 5.92 Å². The Morgan fingerprint density at radius 3 is 2.67 bits per heavy atom. The summed E-state index contributed by atoms with van der Waals surface area (Å²) in [5.41, 5.74) is 6.15. The van der Waals surface area contributed by atoms with E-state index < -0.39 is 5.91 Å². The Morgan fingerprint density at radius 1 is 1.29 bits per heavy atom. The van der Waals surface area contributed by atoms with Crippen LogP contribution in [-0.2, 0) is 11.3 Å². The molecule has 1 aliphatic rings. The molecule has 0 aromatic heterocycles. The highest BCUT2D eigenvalue weighted by molar-refractivity contribution is 6.31. The van der Waals surface area contributed by atoms with Gasteiger partial charge in [-0.25, -0.2) is 0 Å². The van der Waals surface area contributed by atoms with Gasteiger partial charge in [-0.15, -0.1) is 0 Å². The van der Waals surface area contributed by atoms with E-state index in [0.29, 0.717) is 29.2 Å². The lowest BCUT2D eigenvalue weighted by Crippen LogP contribution is -2.90. The quantitative estimate of drug-likeness (QED) is 0.750. The van der Waals surface area contributed by atoms with Crippen molar-refractivity contribution < 1.29 is 19.6 Å². The first-order chi connectivity index (χ1) is 11.5. The summed E-state index contributed by atoms with van der Waals surface area (Å²) >= 11 is 6.40. The Morgan fingerprint density at radius 2 is 2.00 bits per heavy atom. The molecule has 1 amide bonds. The third-order valence-electron chi connectivity index (χ3n) is 4.60. The lowest BCUT2D eigenvalue weighted by atomic mass is 9.86. The molecule has 1 fully saturated rings. The standard InChI is InChI=1S/C18H27ClN2O3/c1-3-23-16-8-13(10-21-15-7-5-4-6-12(15)2)14(19)9-17(16)24-11-18(20)22/h8-9,12,15,21H,3-7,10-11H2,1-2H3,(H2,20,22)/p+1/t12-,15+/m1/s1. The van der Waals surface area contributed by atoms with Crippen LogP contribution < -0.4 is 20.5 Å². The van der Waals surface area contributed by atoms with Crippen LogP contribution in [0.5, 0.6) is 11.5 Å². The Bertz CT molecular complexity index is 565. The molecule has 1 aliphatic carbocycles. The van der Waals surface area contributed by atoms with Crippen molar-refractivity contribution in [2.45, 2.75) is 52.1 Å². The molecule has 24 heavy (non-hydrogen) atoms. The minimum Gasteiger partial charge on any atom is -0.490 e. The number of quaternary nitrogens is 1. The van der Waals surface area contributed by atoms with Crippen LogP contribution >= 0.6 is 11.6 Å². The molecule has 2 rings (SSSR count). The highest BCUT2D eigenvalue weighted by atomic mass is 35.5. The van der Waals surface area contributed by atoms with E-state index in [0.717, 1.165) is 18.0 Å². The Hall–Kier alpha value is -1.46. The fourth-order valence-corrected chi connectivity index (χ4v) is 3.47. The van der Waals surface area contributed by atoms with Crippen LogP contribution in [0.4, 0.5) is 0 Å². The largest absolute Gasteiger partial charge is 0.490 e. The van der Waals surface area contributed by atoms with Gasteiger partial charge in [-0.05, 0) is 32.3 Å². The number of halogens is 1. The van der Waals surface area contributed by atoms with Crippen molar-refractivity contribution in [2.24, 2.45) is 11.7 Å². The molecular weight excluding hydrogens is 328 g/mol. The normalized spacial score (nSPS) is 20.6. The molecule has 0 saturated heterocycles. The minimum absolute atomic E-state index is 0.193. The summed E-state index contributed by atoms with van der Waals surface area (Å²) < 4.78 is 11.0. The molecule has 1 aromatic rings. The molecule has 0 spiro atoms. The van der Waals surface area contributed by atoms with Crippen molar-refractivity contribution in [1.29, 1.82) is 0 Å². The average Bonchev–Trinajstić information content (AvgIpc) is 2.55. The van der Waals surface area contributed by atoms with Gasteiger partial charge in [0.15, 0.2) is 18.1 Å². The van der Waals surface area contributed by atoms with Gasteiger partial charge in [-0.2, -0.15) is 0 Å². The first-order valence-corrected chi connectivity index (χ1v) is 9.08. The summed E-state index contributed by atoms with van der Waals surface area (Å²) in [5, 5.41) is 3.00. The maximum Gasteiger partial charge on any atom is 0.255 e. The van der Waals surface area contributed by atoms with Crippen molar-refractivity contribution in [1.82, 2.24) is 0 Å². The monoisotopic (exact) mass is 355 g/mol. The van der Waals surface area contributed by atoms with E-state index in [-0.39, 0.29) is 6.61 Å². The molecular formula is C18H28ClN2O3+. The smallest absolute Gasteiger partial charge is 0.255 e. The number of hydrogen-bond acceptors (Lipinski definition) is 3. The lowest BCUT2D eigenvalue weighted by molar-refractivity contribution is -0.712. The molecule has 0 bridgehead atoms. The predicted molar refractivity (Wildman–Crippen MR) is 94.4 cm³/mol. The first-order valence-electron chi connectivity index (χ1n) is 8.71.